The highest BCUT2D eigenvalue weighted by molar-refractivity contribution is 5.54. The topological polar surface area (TPSA) is 81.6 Å². The number of hydrogen-bond donors (Lipinski definition) is 2. The van der Waals surface area contributed by atoms with Gasteiger partial charge in [0.25, 0.3) is 0 Å². The summed E-state index contributed by atoms with van der Waals surface area (Å²) in [5.41, 5.74) is 5.73. The molecule has 2 rings (SSSR count). The van der Waals surface area contributed by atoms with Crippen LogP contribution in [0.15, 0.2) is 18.3 Å². The molecule has 0 saturated heterocycles. The molecule has 2 heterocycles. The van der Waals surface area contributed by atoms with Crippen LogP contribution in [0.3, 0.4) is 0 Å². The molecule has 2 aromatic heterocycles. The van der Waals surface area contributed by atoms with E-state index in [1.165, 1.54) is 0 Å². The minimum absolute atomic E-state index is 0.335. The van der Waals surface area contributed by atoms with E-state index in [9.17, 15) is 0 Å². The van der Waals surface area contributed by atoms with Crippen LogP contribution in [-0.4, -0.2) is 19.7 Å². The smallest absolute Gasteiger partial charge is 0.153 e. The first-order chi connectivity index (χ1) is 8.58. The van der Waals surface area contributed by atoms with Crippen LogP contribution in [0.5, 0.6) is 0 Å². The van der Waals surface area contributed by atoms with E-state index < -0.39 is 0 Å². The first-order valence-electron chi connectivity index (χ1n) is 6.04. The fourth-order valence-electron chi connectivity index (χ4n) is 1.56. The second kappa shape index (κ2) is 5.03. The van der Waals surface area contributed by atoms with Gasteiger partial charge in [0, 0.05) is 30.8 Å². The molecule has 96 valence electrons. The quantitative estimate of drug-likeness (QED) is 0.863. The summed E-state index contributed by atoms with van der Waals surface area (Å²) in [7, 11) is 0. The maximum Gasteiger partial charge on any atom is 0.153 e. The highest BCUT2D eigenvalue weighted by Gasteiger charge is 2.05. The lowest BCUT2D eigenvalue weighted by molar-refractivity contribution is 0.534. The highest BCUT2D eigenvalue weighted by Crippen LogP contribution is 2.15. The predicted octanol–water partition coefficient (Wildman–Crippen LogP) is 2.14. The number of nitrogens with zero attached hydrogens (tertiary/aromatic N) is 4. The number of anilines is 3. The number of nitrogen functional groups attached to an aromatic ring is 1. The minimum atomic E-state index is 0.335. The first kappa shape index (κ1) is 12.3. The minimum Gasteiger partial charge on any atom is -0.384 e. The Bertz CT molecular complexity index is 531. The van der Waals surface area contributed by atoms with Crippen molar-refractivity contribution in [1.29, 1.82) is 0 Å². The van der Waals surface area contributed by atoms with Gasteiger partial charge in [-0.1, -0.05) is 6.92 Å². The molecule has 0 fully saturated rings. The van der Waals surface area contributed by atoms with E-state index in [1.807, 2.05) is 23.9 Å². The average Bonchev–Trinajstić information content (AvgIpc) is 2.76. The zero-order valence-electron chi connectivity index (χ0n) is 10.9. The molecule has 0 aromatic carbocycles. The standard InChI is InChI=1S/C12H18N6/c1-4-10-14-9(13)7-12(15-10)16-11-5-6-18(17-11)8(2)3/h5-8H,4H2,1-3H3,(H3,13,14,15,16,17). The monoisotopic (exact) mass is 246 g/mol. The van der Waals surface area contributed by atoms with Crippen LogP contribution in [0.1, 0.15) is 32.6 Å². The second-order valence-corrected chi connectivity index (χ2v) is 4.35. The number of nitrogens with one attached hydrogen (secondary N) is 1. The Morgan fingerprint density at radius 1 is 1.33 bits per heavy atom. The van der Waals surface area contributed by atoms with Gasteiger partial charge in [0.05, 0.1) is 0 Å². The van der Waals surface area contributed by atoms with Crippen molar-refractivity contribution in [3.05, 3.63) is 24.2 Å². The third-order valence-corrected chi connectivity index (χ3v) is 2.50. The van der Waals surface area contributed by atoms with Crippen LogP contribution in [0.2, 0.25) is 0 Å². The molecule has 3 N–H and O–H groups in total. The Kier molecular flexibility index (Phi) is 3.45. The summed E-state index contributed by atoms with van der Waals surface area (Å²) >= 11 is 0. The molecule has 0 saturated carbocycles. The summed E-state index contributed by atoms with van der Waals surface area (Å²) in [6, 6.07) is 3.94. The Hall–Kier alpha value is -2.11. The molecule has 0 radical (unpaired) electrons. The molecule has 0 unspecified atom stereocenters. The zero-order valence-corrected chi connectivity index (χ0v) is 10.9. The SMILES string of the molecule is CCc1nc(N)cc(Nc2ccn(C(C)C)n2)n1. The molecular weight excluding hydrogens is 228 g/mol. The molecular formula is C12H18N6. The average molecular weight is 246 g/mol. The van der Waals surface area contributed by atoms with Crippen LogP contribution in [0.25, 0.3) is 0 Å². The van der Waals surface area contributed by atoms with Gasteiger partial charge in [0.15, 0.2) is 5.82 Å². The molecule has 6 nitrogen and oxygen atoms in total. The van der Waals surface area contributed by atoms with Crippen LogP contribution >= 0.6 is 0 Å². The van der Waals surface area contributed by atoms with Crippen molar-refractivity contribution in [3.8, 4) is 0 Å². The molecule has 2 aromatic rings. The van der Waals surface area contributed by atoms with Crippen LogP contribution in [0, 0.1) is 0 Å². The Labute approximate surface area is 106 Å². The van der Waals surface area contributed by atoms with Gasteiger partial charge in [0.1, 0.15) is 17.5 Å². The summed E-state index contributed by atoms with van der Waals surface area (Å²) < 4.78 is 1.88. The van der Waals surface area contributed by atoms with Crippen molar-refractivity contribution in [2.45, 2.75) is 33.2 Å². The molecule has 0 aliphatic carbocycles. The lowest BCUT2D eigenvalue weighted by Crippen LogP contribution is -2.04. The number of rotatable bonds is 4. The summed E-state index contributed by atoms with van der Waals surface area (Å²) in [6.45, 7) is 6.15. The number of nitrogens with two attached hydrogens (primary N) is 1. The van der Waals surface area contributed by atoms with Crippen molar-refractivity contribution in [2.24, 2.45) is 0 Å². The maximum absolute atomic E-state index is 5.73. The van der Waals surface area contributed by atoms with E-state index in [0.29, 0.717) is 17.7 Å². The van der Waals surface area contributed by atoms with Gasteiger partial charge >= 0.3 is 0 Å². The summed E-state index contributed by atoms with van der Waals surface area (Å²) in [5, 5.41) is 7.53. The van der Waals surface area contributed by atoms with Crippen molar-refractivity contribution in [1.82, 2.24) is 19.7 Å². The predicted molar refractivity (Wildman–Crippen MR) is 71.7 cm³/mol. The van der Waals surface area contributed by atoms with Gasteiger partial charge in [-0.25, -0.2) is 9.97 Å². The van der Waals surface area contributed by atoms with E-state index in [4.69, 9.17) is 5.73 Å². The molecule has 0 spiro atoms. The molecule has 0 bridgehead atoms. The van der Waals surface area contributed by atoms with Gasteiger partial charge in [-0.3, -0.25) is 4.68 Å². The molecule has 18 heavy (non-hydrogen) atoms. The van der Waals surface area contributed by atoms with E-state index in [2.05, 4.69) is 34.2 Å². The summed E-state index contributed by atoms with van der Waals surface area (Å²) in [5.74, 6) is 2.62. The highest BCUT2D eigenvalue weighted by atomic mass is 15.3. The third-order valence-electron chi connectivity index (χ3n) is 2.50. The van der Waals surface area contributed by atoms with E-state index >= 15 is 0 Å². The third kappa shape index (κ3) is 2.77. The van der Waals surface area contributed by atoms with Crippen molar-refractivity contribution >= 4 is 17.5 Å². The normalized spacial score (nSPS) is 10.9. The first-order valence-corrected chi connectivity index (χ1v) is 6.04. The van der Waals surface area contributed by atoms with Gasteiger partial charge in [-0.05, 0) is 13.8 Å². The largest absolute Gasteiger partial charge is 0.384 e. The Morgan fingerprint density at radius 2 is 2.11 bits per heavy atom. The summed E-state index contributed by atoms with van der Waals surface area (Å²) in [6.07, 6.45) is 2.68. The lowest BCUT2D eigenvalue weighted by Gasteiger charge is -2.06. The van der Waals surface area contributed by atoms with Crippen LogP contribution in [0.4, 0.5) is 17.5 Å². The summed E-state index contributed by atoms with van der Waals surface area (Å²) in [4.78, 5) is 8.48. The molecule has 6 heteroatoms. The Morgan fingerprint density at radius 3 is 2.72 bits per heavy atom. The fourth-order valence-corrected chi connectivity index (χ4v) is 1.56. The van der Waals surface area contributed by atoms with Crippen molar-refractivity contribution < 1.29 is 0 Å². The van der Waals surface area contributed by atoms with E-state index in [1.54, 1.807) is 6.07 Å². The Balaban J connectivity index is 2.19. The van der Waals surface area contributed by atoms with E-state index in [0.717, 1.165) is 18.1 Å². The zero-order chi connectivity index (χ0) is 13.1. The molecule has 0 atom stereocenters. The van der Waals surface area contributed by atoms with Gasteiger partial charge < -0.3 is 11.1 Å². The van der Waals surface area contributed by atoms with Crippen molar-refractivity contribution in [3.63, 3.8) is 0 Å². The second-order valence-electron chi connectivity index (χ2n) is 4.35. The van der Waals surface area contributed by atoms with Crippen molar-refractivity contribution in [2.75, 3.05) is 11.1 Å². The number of aryl methyl sites for hydroxylation is 1. The number of hydrogen-bond acceptors (Lipinski definition) is 5. The molecule has 0 aliphatic heterocycles. The lowest BCUT2D eigenvalue weighted by atomic mass is 10.4. The molecule has 0 amide bonds. The van der Waals surface area contributed by atoms with Crippen LogP contribution in [-0.2, 0) is 6.42 Å². The van der Waals surface area contributed by atoms with Gasteiger partial charge in [0.2, 0.25) is 0 Å². The van der Waals surface area contributed by atoms with E-state index in [-0.39, 0.29) is 0 Å². The maximum atomic E-state index is 5.73. The van der Waals surface area contributed by atoms with Gasteiger partial charge in [-0.2, -0.15) is 5.10 Å². The van der Waals surface area contributed by atoms with Gasteiger partial charge in [-0.15, -0.1) is 0 Å². The van der Waals surface area contributed by atoms with Crippen LogP contribution < -0.4 is 11.1 Å². The molecule has 0 aliphatic rings. The fraction of sp³-hybridized carbons (Fsp3) is 0.417. The number of aromatic nitrogens is 4.